The van der Waals surface area contributed by atoms with Gasteiger partial charge in [0.1, 0.15) is 5.75 Å². The fourth-order valence-electron chi connectivity index (χ4n) is 1.40. The summed E-state index contributed by atoms with van der Waals surface area (Å²) >= 11 is 9.25. The van der Waals surface area contributed by atoms with Crippen molar-refractivity contribution in [3.8, 4) is 5.75 Å². The fraction of sp³-hybridized carbons (Fsp3) is 0.417. The first-order valence-corrected chi connectivity index (χ1v) is 6.68. The van der Waals surface area contributed by atoms with Crippen LogP contribution in [0.3, 0.4) is 0 Å². The maximum Gasteiger partial charge on any atom is 0.255 e. The Kier molecular flexibility index (Phi) is 5.78. The van der Waals surface area contributed by atoms with Gasteiger partial charge in [0.15, 0.2) is 0 Å². The van der Waals surface area contributed by atoms with Crippen molar-refractivity contribution in [1.82, 2.24) is 5.32 Å². The van der Waals surface area contributed by atoms with E-state index in [9.17, 15) is 9.90 Å². The van der Waals surface area contributed by atoms with Gasteiger partial charge < -0.3 is 10.4 Å². The Bertz CT molecular complexity index is 398. The highest BCUT2D eigenvalue weighted by Crippen LogP contribution is 2.21. The summed E-state index contributed by atoms with van der Waals surface area (Å²) in [5, 5.41) is 12.2. The average Bonchev–Trinajstić information content (AvgIpc) is 2.29. The van der Waals surface area contributed by atoms with Gasteiger partial charge >= 0.3 is 0 Å². The topological polar surface area (TPSA) is 49.3 Å². The van der Waals surface area contributed by atoms with Crippen LogP contribution in [0.2, 0.25) is 0 Å². The van der Waals surface area contributed by atoms with E-state index >= 15 is 0 Å². The predicted octanol–water partition coefficient (Wildman–Crippen LogP) is 3.29. The lowest BCUT2D eigenvalue weighted by atomic mass is 10.2. The fourth-order valence-corrected chi connectivity index (χ4v) is 2.06. The molecule has 1 atom stereocenters. The van der Waals surface area contributed by atoms with Gasteiger partial charge in [0.2, 0.25) is 0 Å². The lowest BCUT2D eigenvalue weighted by Gasteiger charge is -2.10. The molecule has 1 rings (SSSR count). The van der Waals surface area contributed by atoms with E-state index < -0.39 is 0 Å². The molecule has 0 aromatic heterocycles. The first-order chi connectivity index (χ1) is 8.04. The zero-order chi connectivity index (χ0) is 12.8. The number of alkyl halides is 1. The normalized spacial score (nSPS) is 12.2. The number of hydrogen-bond acceptors (Lipinski definition) is 2. The minimum atomic E-state index is -0.314. The van der Waals surface area contributed by atoms with Crippen LogP contribution in [-0.2, 0) is 0 Å². The van der Waals surface area contributed by atoms with Gasteiger partial charge in [-0.3, -0.25) is 4.79 Å². The van der Waals surface area contributed by atoms with E-state index in [1.54, 1.807) is 12.1 Å². The lowest BCUT2D eigenvalue weighted by molar-refractivity contribution is 0.0950. The molecule has 0 aliphatic rings. The second-order valence-electron chi connectivity index (χ2n) is 3.76. The number of carbonyl (C=O) groups excluding carboxylic acids is 1. The summed E-state index contributed by atoms with van der Waals surface area (Å²) in [4.78, 5) is 11.8. The standard InChI is InChI=1S/C12H15BrClNO2/c1-2-3-9(14)7-15-12(17)10-6-8(13)4-5-11(10)16/h4-6,9,16H,2-3,7H2,1H3,(H,15,17). The van der Waals surface area contributed by atoms with Gasteiger partial charge in [0, 0.05) is 11.0 Å². The molecule has 0 spiro atoms. The molecule has 5 heteroatoms. The third-order valence-electron chi connectivity index (χ3n) is 2.29. The number of rotatable bonds is 5. The van der Waals surface area contributed by atoms with Crippen LogP contribution in [0.25, 0.3) is 0 Å². The summed E-state index contributed by atoms with van der Waals surface area (Å²) in [5.41, 5.74) is 0.250. The molecule has 3 nitrogen and oxygen atoms in total. The Morgan fingerprint density at radius 1 is 1.59 bits per heavy atom. The van der Waals surface area contributed by atoms with Crippen LogP contribution in [0.4, 0.5) is 0 Å². The molecule has 0 radical (unpaired) electrons. The summed E-state index contributed by atoms with van der Waals surface area (Å²) in [5.74, 6) is -0.349. The molecule has 0 saturated heterocycles. The zero-order valence-electron chi connectivity index (χ0n) is 9.54. The zero-order valence-corrected chi connectivity index (χ0v) is 11.9. The molecule has 0 aliphatic heterocycles. The number of amides is 1. The molecule has 0 bridgehead atoms. The number of aromatic hydroxyl groups is 1. The van der Waals surface area contributed by atoms with E-state index in [-0.39, 0.29) is 22.6 Å². The lowest BCUT2D eigenvalue weighted by Crippen LogP contribution is -2.29. The molecular formula is C12H15BrClNO2. The predicted molar refractivity (Wildman–Crippen MR) is 72.7 cm³/mol. The monoisotopic (exact) mass is 319 g/mol. The average molecular weight is 321 g/mol. The number of phenolic OH excluding ortho intramolecular Hbond substituents is 1. The van der Waals surface area contributed by atoms with Crippen LogP contribution < -0.4 is 5.32 Å². The highest BCUT2D eigenvalue weighted by Gasteiger charge is 2.12. The van der Waals surface area contributed by atoms with Gasteiger partial charge in [-0.15, -0.1) is 11.6 Å². The van der Waals surface area contributed by atoms with Gasteiger partial charge in [0.05, 0.1) is 10.9 Å². The second-order valence-corrected chi connectivity index (χ2v) is 5.29. The Balaban J connectivity index is 2.61. The maximum absolute atomic E-state index is 11.8. The number of halogens is 2. The number of carbonyl (C=O) groups is 1. The quantitative estimate of drug-likeness (QED) is 0.818. The molecular weight excluding hydrogens is 305 g/mol. The number of phenols is 1. The minimum absolute atomic E-state index is 0.0349. The van der Waals surface area contributed by atoms with Crippen LogP contribution in [0.1, 0.15) is 30.1 Å². The van der Waals surface area contributed by atoms with Crippen LogP contribution >= 0.6 is 27.5 Å². The van der Waals surface area contributed by atoms with Gasteiger partial charge in [0.25, 0.3) is 5.91 Å². The SMILES string of the molecule is CCCC(Cl)CNC(=O)c1cc(Br)ccc1O. The molecule has 1 aromatic rings. The van der Waals surface area contributed by atoms with E-state index in [0.717, 1.165) is 17.3 Å². The Hall–Kier alpha value is -0.740. The maximum atomic E-state index is 11.8. The van der Waals surface area contributed by atoms with Crippen molar-refractivity contribution < 1.29 is 9.90 Å². The van der Waals surface area contributed by atoms with Crippen LogP contribution in [0, 0.1) is 0 Å². The Morgan fingerprint density at radius 2 is 2.29 bits per heavy atom. The van der Waals surface area contributed by atoms with Gasteiger partial charge in [-0.25, -0.2) is 0 Å². The molecule has 1 amide bonds. The van der Waals surface area contributed by atoms with E-state index in [1.807, 2.05) is 6.92 Å². The summed E-state index contributed by atoms with van der Waals surface area (Å²) < 4.78 is 0.747. The molecule has 2 N–H and O–H groups in total. The van der Waals surface area contributed by atoms with Crippen molar-refractivity contribution in [2.45, 2.75) is 25.1 Å². The summed E-state index contributed by atoms with van der Waals surface area (Å²) in [6.45, 7) is 2.44. The highest BCUT2D eigenvalue weighted by molar-refractivity contribution is 9.10. The summed E-state index contributed by atoms with van der Waals surface area (Å²) in [6, 6.07) is 4.73. The third-order valence-corrected chi connectivity index (χ3v) is 3.16. The largest absolute Gasteiger partial charge is 0.507 e. The van der Waals surface area contributed by atoms with Crippen LogP contribution in [0.5, 0.6) is 5.75 Å². The summed E-state index contributed by atoms with van der Waals surface area (Å²) in [6.07, 6.45) is 1.83. The molecule has 94 valence electrons. The first kappa shape index (κ1) is 14.3. The van der Waals surface area contributed by atoms with E-state index in [1.165, 1.54) is 6.07 Å². The van der Waals surface area contributed by atoms with Crippen molar-refractivity contribution in [1.29, 1.82) is 0 Å². The van der Waals surface area contributed by atoms with Crippen molar-refractivity contribution >= 4 is 33.4 Å². The minimum Gasteiger partial charge on any atom is -0.507 e. The van der Waals surface area contributed by atoms with Crippen molar-refractivity contribution in [3.05, 3.63) is 28.2 Å². The van der Waals surface area contributed by atoms with Crippen molar-refractivity contribution in [2.24, 2.45) is 0 Å². The molecule has 0 heterocycles. The van der Waals surface area contributed by atoms with Crippen molar-refractivity contribution in [3.63, 3.8) is 0 Å². The molecule has 0 saturated carbocycles. The molecule has 1 aromatic carbocycles. The van der Waals surface area contributed by atoms with Crippen LogP contribution in [0.15, 0.2) is 22.7 Å². The van der Waals surface area contributed by atoms with E-state index in [2.05, 4.69) is 21.2 Å². The van der Waals surface area contributed by atoms with E-state index in [4.69, 9.17) is 11.6 Å². The van der Waals surface area contributed by atoms with Gasteiger partial charge in [-0.2, -0.15) is 0 Å². The first-order valence-electron chi connectivity index (χ1n) is 5.45. The second kappa shape index (κ2) is 6.87. The number of nitrogens with one attached hydrogen (secondary N) is 1. The highest BCUT2D eigenvalue weighted by atomic mass is 79.9. The molecule has 1 unspecified atom stereocenters. The van der Waals surface area contributed by atoms with Gasteiger partial charge in [-0.1, -0.05) is 29.3 Å². The Labute approximate surface area is 114 Å². The third kappa shape index (κ3) is 4.56. The molecule has 0 aliphatic carbocycles. The Morgan fingerprint density at radius 3 is 2.94 bits per heavy atom. The smallest absolute Gasteiger partial charge is 0.255 e. The van der Waals surface area contributed by atoms with Crippen molar-refractivity contribution in [2.75, 3.05) is 6.54 Å². The molecule has 0 fully saturated rings. The summed E-state index contributed by atoms with van der Waals surface area (Å²) in [7, 11) is 0. The van der Waals surface area contributed by atoms with Gasteiger partial charge in [-0.05, 0) is 24.6 Å². The number of hydrogen-bond donors (Lipinski definition) is 2. The molecule has 17 heavy (non-hydrogen) atoms. The van der Waals surface area contributed by atoms with E-state index in [0.29, 0.717) is 6.54 Å². The van der Waals surface area contributed by atoms with Crippen LogP contribution in [-0.4, -0.2) is 22.9 Å². The number of benzene rings is 1.